The van der Waals surface area contributed by atoms with Crippen LogP contribution in [-0.4, -0.2) is 12.6 Å². The van der Waals surface area contributed by atoms with Crippen LogP contribution in [0.2, 0.25) is 0 Å². The summed E-state index contributed by atoms with van der Waals surface area (Å²) in [5.74, 6) is 0.964. The average molecular weight is 282 g/mol. The van der Waals surface area contributed by atoms with Crippen molar-refractivity contribution in [3.8, 4) is 0 Å². The average Bonchev–Trinajstić information content (AvgIpc) is 3.08. The van der Waals surface area contributed by atoms with Gasteiger partial charge in [0.05, 0.1) is 0 Å². The van der Waals surface area contributed by atoms with Crippen molar-refractivity contribution in [1.82, 2.24) is 5.32 Å². The number of aryl methyl sites for hydroxylation is 1. The molecule has 1 fully saturated rings. The lowest BCUT2D eigenvalue weighted by Gasteiger charge is -2.12. The predicted octanol–water partition coefficient (Wildman–Crippen LogP) is 3.77. The van der Waals surface area contributed by atoms with Crippen LogP contribution in [-0.2, 0) is 6.42 Å². The number of benzene rings is 1. The molecular weight excluding hydrogens is 262 g/mol. The van der Waals surface area contributed by atoms with Gasteiger partial charge in [0.15, 0.2) is 0 Å². The zero-order valence-electron chi connectivity index (χ0n) is 9.88. The maximum atomic E-state index is 3.62. The summed E-state index contributed by atoms with van der Waals surface area (Å²) in [7, 11) is 0. The second-order valence-electron chi connectivity index (χ2n) is 4.81. The maximum Gasteiger partial charge on any atom is 0.0177 e. The minimum atomic E-state index is 0.725. The Morgan fingerprint density at radius 3 is 2.94 bits per heavy atom. The topological polar surface area (TPSA) is 12.0 Å². The molecule has 0 spiro atoms. The SMILES string of the molecule is CC(NCCCc1cccc(Br)c1)C1CC1. The molecule has 1 nitrogen and oxygen atoms in total. The highest BCUT2D eigenvalue weighted by Crippen LogP contribution is 2.32. The van der Waals surface area contributed by atoms with Gasteiger partial charge in [-0.15, -0.1) is 0 Å². The lowest BCUT2D eigenvalue weighted by Crippen LogP contribution is -2.28. The van der Waals surface area contributed by atoms with E-state index in [0.29, 0.717) is 0 Å². The Balaban J connectivity index is 1.63. The van der Waals surface area contributed by atoms with E-state index in [4.69, 9.17) is 0 Å². The maximum absolute atomic E-state index is 3.62. The molecule has 0 aliphatic heterocycles. The van der Waals surface area contributed by atoms with Gasteiger partial charge in [-0.05, 0) is 62.8 Å². The standard InChI is InChI=1S/C14H20BrN/c1-11(13-7-8-13)16-9-3-5-12-4-2-6-14(15)10-12/h2,4,6,10-11,13,16H,3,5,7-9H2,1H3. The van der Waals surface area contributed by atoms with E-state index in [2.05, 4.69) is 52.4 Å². The van der Waals surface area contributed by atoms with Gasteiger partial charge >= 0.3 is 0 Å². The molecule has 1 unspecified atom stereocenters. The van der Waals surface area contributed by atoms with Crippen molar-refractivity contribution in [1.29, 1.82) is 0 Å². The molecular formula is C14H20BrN. The summed E-state index contributed by atoms with van der Waals surface area (Å²) in [6.07, 6.45) is 5.26. The van der Waals surface area contributed by atoms with Crippen molar-refractivity contribution in [2.75, 3.05) is 6.54 Å². The van der Waals surface area contributed by atoms with Crippen LogP contribution >= 0.6 is 15.9 Å². The van der Waals surface area contributed by atoms with Crippen molar-refractivity contribution in [3.63, 3.8) is 0 Å². The summed E-state index contributed by atoms with van der Waals surface area (Å²) in [5.41, 5.74) is 1.43. The van der Waals surface area contributed by atoms with Gasteiger partial charge in [0.25, 0.3) is 0 Å². The minimum Gasteiger partial charge on any atom is -0.314 e. The molecule has 0 radical (unpaired) electrons. The molecule has 2 rings (SSSR count). The Hall–Kier alpha value is -0.340. The Morgan fingerprint density at radius 1 is 1.44 bits per heavy atom. The Kier molecular flexibility index (Phi) is 4.42. The molecule has 1 atom stereocenters. The van der Waals surface area contributed by atoms with E-state index in [9.17, 15) is 0 Å². The van der Waals surface area contributed by atoms with Crippen molar-refractivity contribution < 1.29 is 0 Å². The normalized spacial score (nSPS) is 17.4. The molecule has 0 amide bonds. The van der Waals surface area contributed by atoms with E-state index >= 15 is 0 Å². The van der Waals surface area contributed by atoms with Gasteiger partial charge in [-0.3, -0.25) is 0 Å². The first-order chi connectivity index (χ1) is 7.75. The molecule has 0 bridgehead atoms. The third-order valence-corrected chi connectivity index (χ3v) is 3.82. The Labute approximate surface area is 107 Å². The van der Waals surface area contributed by atoms with Gasteiger partial charge in [-0.25, -0.2) is 0 Å². The molecule has 1 aliphatic carbocycles. The highest BCUT2D eigenvalue weighted by Gasteiger charge is 2.26. The Bertz CT molecular complexity index is 333. The van der Waals surface area contributed by atoms with Crippen molar-refractivity contribution >= 4 is 15.9 Å². The first-order valence-corrected chi connectivity index (χ1v) is 7.03. The fraction of sp³-hybridized carbons (Fsp3) is 0.571. The Morgan fingerprint density at radius 2 is 2.25 bits per heavy atom. The number of rotatable bonds is 6. The van der Waals surface area contributed by atoms with E-state index in [1.165, 1.54) is 35.7 Å². The van der Waals surface area contributed by atoms with E-state index < -0.39 is 0 Å². The monoisotopic (exact) mass is 281 g/mol. The van der Waals surface area contributed by atoms with Crippen LogP contribution in [0.25, 0.3) is 0 Å². The molecule has 0 saturated heterocycles. The highest BCUT2D eigenvalue weighted by atomic mass is 79.9. The van der Waals surface area contributed by atoms with Crippen LogP contribution in [0.1, 0.15) is 31.7 Å². The van der Waals surface area contributed by atoms with Gasteiger partial charge in [-0.1, -0.05) is 28.1 Å². The molecule has 1 aromatic carbocycles. The lowest BCUT2D eigenvalue weighted by atomic mass is 10.1. The fourth-order valence-electron chi connectivity index (χ4n) is 2.08. The number of halogens is 1. The van der Waals surface area contributed by atoms with Crippen LogP contribution in [0, 0.1) is 5.92 Å². The summed E-state index contributed by atoms with van der Waals surface area (Å²) in [6.45, 7) is 3.46. The predicted molar refractivity (Wildman–Crippen MR) is 72.7 cm³/mol. The van der Waals surface area contributed by atoms with E-state index in [1.807, 2.05) is 0 Å². The zero-order chi connectivity index (χ0) is 11.4. The summed E-state index contributed by atoms with van der Waals surface area (Å²) >= 11 is 3.51. The minimum absolute atomic E-state index is 0.725. The molecule has 1 N–H and O–H groups in total. The third kappa shape index (κ3) is 3.91. The van der Waals surface area contributed by atoms with Gasteiger partial charge < -0.3 is 5.32 Å². The van der Waals surface area contributed by atoms with Gasteiger partial charge in [0.2, 0.25) is 0 Å². The summed E-state index contributed by atoms with van der Waals surface area (Å²) in [4.78, 5) is 0. The number of hydrogen-bond donors (Lipinski definition) is 1. The van der Waals surface area contributed by atoms with Crippen molar-refractivity contribution in [3.05, 3.63) is 34.3 Å². The van der Waals surface area contributed by atoms with Crippen LogP contribution in [0.4, 0.5) is 0 Å². The molecule has 88 valence electrons. The summed E-state index contributed by atoms with van der Waals surface area (Å²) < 4.78 is 1.18. The summed E-state index contributed by atoms with van der Waals surface area (Å²) in [6, 6.07) is 9.33. The van der Waals surface area contributed by atoms with Gasteiger partial charge in [0.1, 0.15) is 0 Å². The molecule has 0 aromatic heterocycles. The second kappa shape index (κ2) is 5.83. The smallest absolute Gasteiger partial charge is 0.0177 e. The summed E-state index contributed by atoms with van der Waals surface area (Å²) in [5, 5.41) is 3.62. The zero-order valence-corrected chi connectivity index (χ0v) is 11.5. The molecule has 1 aromatic rings. The first kappa shape index (κ1) is 12.1. The fourth-order valence-corrected chi connectivity index (χ4v) is 2.52. The van der Waals surface area contributed by atoms with Crippen molar-refractivity contribution in [2.45, 2.75) is 38.6 Å². The first-order valence-electron chi connectivity index (χ1n) is 6.23. The number of nitrogens with one attached hydrogen (secondary N) is 1. The van der Waals surface area contributed by atoms with Crippen LogP contribution in [0.5, 0.6) is 0 Å². The molecule has 16 heavy (non-hydrogen) atoms. The van der Waals surface area contributed by atoms with Crippen LogP contribution in [0.3, 0.4) is 0 Å². The highest BCUT2D eigenvalue weighted by molar-refractivity contribution is 9.10. The van der Waals surface area contributed by atoms with E-state index in [-0.39, 0.29) is 0 Å². The third-order valence-electron chi connectivity index (χ3n) is 3.33. The number of hydrogen-bond acceptors (Lipinski definition) is 1. The largest absolute Gasteiger partial charge is 0.314 e. The van der Waals surface area contributed by atoms with Crippen molar-refractivity contribution in [2.24, 2.45) is 5.92 Å². The molecule has 1 aliphatic rings. The van der Waals surface area contributed by atoms with Gasteiger partial charge in [-0.2, -0.15) is 0 Å². The van der Waals surface area contributed by atoms with E-state index in [1.54, 1.807) is 0 Å². The van der Waals surface area contributed by atoms with Crippen LogP contribution < -0.4 is 5.32 Å². The van der Waals surface area contributed by atoms with E-state index in [0.717, 1.165) is 18.5 Å². The molecule has 0 heterocycles. The lowest BCUT2D eigenvalue weighted by molar-refractivity contribution is 0.490. The molecule has 2 heteroatoms. The second-order valence-corrected chi connectivity index (χ2v) is 5.73. The van der Waals surface area contributed by atoms with Crippen LogP contribution in [0.15, 0.2) is 28.7 Å². The van der Waals surface area contributed by atoms with Gasteiger partial charge in [0, 0.05) is 10.5 Å². The quantitative estimate of drug-likeness (QED) is 0.783. The molecule has 1 saturated carbocycles.